The van der Waals surface area contributed by atoms with Crippen LogP contribution in [0, 0.1) is 12.7 Å². The Morgan fingerprint density at radius 2 is 2.00 bits per heavy atom. The fourth-order valence-electron chi connectivity index (χ4n) is 2.10. The van der Waals surface area contributed by atoms with Crippen LogP contribution >= 0.6 is 15.9 Å². The Morgan fingerprint density at radius 3 is 2.50 bits per heavy atom. The highest BCUT2D eigenvalue weighted by Crippen LogP contribution is 2.23. The molecule has 0 saturated carbocycles. The second-order valence-electron chi connectivity index (χ2n) is 4.51. The molecule has 18 heavy (non-hydrogen) atoms. The number of benzene rings is 1. The van der Waals surface area contributed by atoms with Crippen LogP contribution in [0.15, 0.2) is 30.3 Å². The monoisotopic (exact) mass is 310 g/mol. The van der Waals surface area contributed by atoms with E-state index in [-0.39, 0.29) is 5.82 Å². The van der Waals surface area contributed by atoms with Crippen molar-refractivity contribution < 1.29 is 4.39 Å². The SMILES string of the molecule is Cc1cc(CC(CBr)c2ccc(F)cc2)n(C)n1. The van der Waals surface area contributed by atoms with Gasteiger partial charge in [-0.3, -0.25) is 4.68 Å². The molecule has 1 heterocycles. The van der Waals surface area contributed by atoms with E-state index in [0.29, 0.717) is 5.92 Å². The van der Waals surface area contributed by atoms with Crippen LogP contribution in [0.3, 0.4) is 0 Å². The van der Waals surface area contributed by atoms with Gasteiger partial charge in [-0.25, -0.2) is 4.39 Å². The maximum Gasteiger partial charge on any atom is 0.123 e. The summed E-state index contributed by atoms with van der Waals surface area (Å²) in [6.07, 6.45) is 0.897. The third-order valence-electron chi connectivity index (χ3n) is 3.08. The van der Waals surface area contributed by atoms with Gasteiger partial charge in [-0.15, -0.1) is 0 Å². The van der Waals surface area contributed by atoms with E-state index >= 15 is 0 Å². The van der Waals surface area contributed by atoms with E-state index in [0.717, 1.165) is 23.0 Å². The number of alkyl halides is 1. The summed E-state index contributed by atoms with van der Waals surface area (Å²) in [6, 6.07) is 8.83. The van der Waals surface area contributed by atoms with Crippen molar-refractivity contribution in [3.63, 3.8) is 0 Å². The molecule has 1 aromatic carbocycles. The first-order chi connectivity index (χ1) is 8.60. The molecule has 1 unspecified atom stereocenters. The number of nitrogens with zero attached hydrogens (tertiary/aromatic N) is 2. The largest absolute Gasteiger partial charge is 0.272 e. The summed E-state index contributed by atoms with van der Waals surface area (Å²) in [6.45, 7) is 1.99. The standard InChI is InChI=1S/C14H16BrFN2/c1-10-7-14(18(2)17-10)8-12(9-15)11-3-5-13(16)6-4-11/h3-7,12H,8-9H2,1-2H3. The molecule has 1 aromatic heterocycles. The van der Waals surface area contributed by atoms with Crippen molar-refractivity contribution in [1.82, 2.24) is 9.78 Å². The van der Waals surface area contributed by atoms with Crippen molar-refractivity contribution in [1.29, 1.82) is 0 Å². The van der Waals surface area contributed by atoms with Gasteiger partial charge in [0.05, 0.1) is 5.69 Å². The Bertz CT molecular complexity index is 519. The first kappa shape index (κ1) is 13.3. The highest BCUT2D eigenvalue weighted by Gasteiger charge is 2.14. The lowest BCUT2D eigenvalue weighted by Gasteiger charge is -2.14. The van der Waals surface area contributed by atoms with Crippen LogP contribution in [0.1, 0.15) is 22.9 Å². The number of aryl methyl sites for hydroxylation is 2. The minimum absolute atomic E-state index is 0.191. The van der Waals surface area contributed by atoms with E-state index in [9.17, 15) is 4.39 Å². The predicted octanol–water partition coefficient (Wildman–Crippen LogP) is 3.59. The normalized spacial score (nSPS) is 12.7. The van der Waals surface area contributed by atoms with Crippen molar-refractivity contribution >= 4 is 15.9 Å². The molecule has 96 valence electrons. The number of hydrogen-bond acceptors (Lipinski definition) is 1. The van der Waals surface area contributed by atoms with E-state index in [4.69, 9.17) is 0 Å². The van der Waals surface area contributed by atoms with Gasteiger partial charge in [-0.2, -0.15) is 5.10 Å². The predicted molar refractivity (Wildman–Crippen MR) is 74.6 cm³/mol. The van der Waals surface area contributed by atoms with Crippen LogP contribution in [-0.4, -0.2) is 15.1 Å². The van der Waals surface area contributed by atoms with Gasteiger partial charge in [0.1, 0.15) is 5.82 Å². The van der Waals surface area contributed by atoms with Gasteiger partial charge in [0.25, 0.3) is 0 Å². The van der Waals surface area contributed by atoms with Crippen LogP contribution in [0.25, 0.3) is 0 Å². The average molecular weight is 311 g/mol. The lowest BCUT2D eigenvalue weighted by Crippen LogP contribution is -2.08. The minimum atomic E-state index is -0.191. The smallest absolute Gasteiger partial charge is 0.123 e. The molecule has 0 bridgehead atoms. The van der Waals surface area contributed by atoms with E-state index in [1.165, 1.54) is 17.8 Å². The second-order valence-corrected chi connectivity index (χ2v) is 5.16. The van der Waals surface area contributed by atoms with Gasteiger partial charge in [-0.1, -0.05) is 28.1 Å². The maximum absolute atomic E-state index is 12.9. The number of rotatable bonds is 4. The summed E-state index contributed by atoms with van der Waals surface area (Å²) in [5.74, 6) is 0.142. The highest BCUT2D eigenvalue weighted by molar-refractivity contribution is 9.09. The van der Waals surface area contributed by atoms with Gasteiger partial charge in [0, 0.05) is 18.1 Å². The average Bonchev–Trinajstić information content (AvgIpc) is 2.66. The Balaban J connectivity index is 2.19. The fourth-order valence-corrected chi connectivity index (χ4v) is 2.71. The molecule has 0 spiro atoms. The molecule has 0 aliphatic heterocycles. The van der Waals surface area contributed by atoms with Crippen LogP contribution in [0.4, 0.5) is 4.39 Å². The molecular formula is C14H16BrFN2. The van der Waals surface area contributed by atoms with Crippen molar-refractivity contribution in [3.05, 3.63) is 53.1 Å². The Hall–Kier alpha value is -1.16. The minimum Gasteiger partial charge on any atom is -0.272 e. The number of aromatic nitrogens is 2. The summed E-state index contributed by atoms with van der Waals surface area (Å²) in [5.41, 5.74) is 3.37. The molecule has 0 amide bonds. The zero-order valence-electron chi connectivity index (χ0n) is 10.5. The third kappa shape index (κ3) is 2.99. The Labute approximate surface area is 115 Å². The van der Waals surface area contributed by atoms with Crippen LogP contribution < -0.4 is 0 Å². The molecule has 2 aromatic rings. The lowest BCUT2D eigenvalue weighted by atomic mass is 9.96. The zero-order chi connectivity index (χ0) is 13.1. The summed E-state index contributed by atoms with van der Waals surface area (Å²) >= 11 is 3.54. The molecular weight excluding hydrogens is 295 g/mol. The molecule has 0 aliphatic carbocycles. The van der Waals surface area contributed by atoms with Crippen molar-refractivity contribution in [2.24, 2.45) is 7.05 Å². The van der Waals surface area contributed by atoms with Gasteiger partial charge < -0.3 is 0 Å². The van der Waals surface area contributed by atoms with E-state index in [1.54, 1.807) is 0 Å². The van der Waals surface area contributed by atoms with Crippen molar-refractivity contribution in [3.8, 4) is 0 Å². The summed E-state index contributed by atoms with van der Waals surface area (Å²) in [4.78, 5) is 0. The third-order valence-corrected chi connectivity index (χ3v) is 3.86. The Morgan fingerprint density at radius 1 is 1.33 bits per heavy atom. The Kier molecular flexibility index (Phi) is 4.17. The zero-order valence-corrected chi connectivity index (χ0v) is 12.1. The molecule has 4 heteroatoms. The lowest BCUT2D eigenvalue weighted by molar-refractivity contribution is 0.623. The highest BCUT2D eigenvalue weighted by atomic mass is 79.9. The number of hydrogen-bond donors (Lipinski definition) is 0. The summed E-state index contributed by atoms with van der Waals surface area (Å²) in [7, 11) is 1.96. The van der Waals surface area contributed by atoms with E-state index in [2.05, 4.69) is 27.1 Å². The number of halogens is 2. The molecule has 1 atom stereocenters. The van der Waals surface area contributed by atoms with E-state index in [1.807, 2.05) is 30.8 Å². The quantitative estimate of drug-likeness (QED) is 0.789. The molecule has 0 N–H and O–H groups in total. The van der Waals surface area contributed by atoms with E-state index < -0.39 is 0 Å². The first-order valence-electron chi connectivity index (χ1n) is 5.91. The van der Waals surface area contributed by atoms with Gasteiger partial charge in [-0.05, 0) is 43.0 Å². The topological polar surface area (TPSA) is 17.8 Å². The molecule has 0 saturated heterocycles. The second kappa shape index (κ2) is 5.65. The van der Waals surface area contributed by atoms with Crippen LogP contribution in [0.5, 0.6) is 0 Å². The molecule has 0 radical (unpaired) electrons. The van der Waals surface area contributed by atoms with Crippen LogP contribution in [-0.2, 0) is 13.5 Å². The molecule has 0 fully saturated rings. The van der Waals surface area contributed by atoms with Gasteiger partial charge in [0.2, 0.25) is 0 Å². The van der Waals surface area contributed by atoms with Crippen LogP contribution in [0.2, 0.25) is 0 Å². The summed E-state index contributed by atoms with van der Waals surface area (Å²) in [5, 5.41) is 5.20. The van der Waals surface area contributed by atoms with Crippen molar-refractivity contribution in [2.75, 3.05) is 5.33 Å². The summed E-state index contributed by atoms with van der Waals surface area (Å²) < 4.78 is 14.8. The maximum atomic E-state index is 12.9. The molecule has 0 aliphatic rings. The molecule has 2 rings (SSSR count). The van der Waals surface area contributed by atoms with Crippen molar-refractivity contribution in [2.45, 2.75) is 19.3 Å². The fraction of sp³-hybridized carbons (Fsp3) is 0.357. The van der Waals surface area contributed by atoms with Gasteiger partial charge in [0.15, 0.2) is 0 Å². The first-order valence-corrected chi connectivity index (χ1v) is 7.03. The van der Waals surface area contributed by atoms with Gasteiger partial charge >= 0.3 is 0 Å². The molecule has 2 nitrogen and oxygen atoms in total.